The van der Waals surface area contributed by atoms with Crippen molar-refractivity contribution in [1.29, 1.82) is 0 Å². The summed E-state index contributed by atoms with van der Waals surface area (Å²) in [6, 6.07) is 8.22. The van der Waals surface area contributed by atoms with Crippen LogP contribution in [-0.2, 0) is 0 Å². The lowest BCUT2D eigenvalue weighted by Crippen LogP contribution is -2.39. The van der Waals surface area contributed by atoms with Gasteiger partial charge >= 0.3 is 5.97 Å². The number of nitrogens with zero attached hydrogens (tertiary/aromatic N) is 2. The zero-order chi connectivity index (χ0) is 16.4. The van der Waals surface area contributed by atoms with Gasteiger partial charge in [0, 0.05) is 30.3 Å². The van der Waals surface area contributed by atoms with Gasteiger partial charge in [-0.3, -0.25) is 9.89 Å². The molecular formula is C17H19N3O3. The second-order valence-electron chi connectivity index (χ2n) is 5.95. The van der Waals surface area contributed by atoms with Crippen LogP contribution in [-0.4, -0.2) is 45.2 Å². The molecule has 1 saturated heterocycles. The Hall–Kier alpha value is -2.63. The minimum Gasteiger partial charge on any atom is -0.478 e. The number of carbonyl (C=O) groups excluding carboxylic acids is 1. The molecule has 23 heavy (non-hydrogen) atoms. The normalized spacial score (nSPS) is 18.0. The number of aromatic amines is 1. The maximum atomic E-state index is 12.7. The first kappa shape index (κ1) is 15.3. The standard InChI is InChI=1S/C17H19N3O3/c1-11-8-15(19-18-11)14-6-3-7-20(10-14)16(21)12-4-2-5-13(9-12)17(22)23/h2,4-5,8-9,14H,3,6-7,10H2,1H3,(H,18,19)(H,22,23). The van der Waals surface area contributed by atoms with Crippen LogP contribution in [0.15, 0.2) is 30.3 Å². The summed E-state index contributed by atoms with van der Waals surface area (Å²) in [7, 11) is 0. The fraction of sp³-hybridized carbons (Fsp3) is 0.353. The second kappa shape index (κ2) is 6.24. The molecule has 1 aromatic heterocycles. The van der Waals surface area contributed by atoms with E-state index in [0.29, 0.717) is 18.7 Å². The van der Waals surface area contributed by atoms with Gasteiger partial charge in [-0.25, -0.2) is 4.79 Å². The molecule has 1 aliphatic heterocycles. The number of amides is 1. The largest absolute Gasteiger partial charge is 0.478 e. The van der Waals surface area contributed by atoms with Crippen molar-refractivity contribution in [3.05, 3.63) is 52.8 Å². The third-order valence-electron chi connectivity index (χ3n) is 4.21. The number of hydrogen-bond donors (Lipinski definition) is 2. The second-order valence-corrected chi connectivity index (χ2v) is 5.95. The summed E-state index contributed by atoms with van der Waals surface area (Å²) in [5, 5.41) is 16.3. The molecule has 0 bridgehead atoms. The predicted molar refractivity (Wildman–Crippen MR) is 84.6 cm³/mol. The summed E-state index contributed by atoms with van der Waals surface area (Å²) in [6.45, 7) is 3.26. The van der Waals surface area contributed by atoms with Crippen molar-refractivity contribution in [2.24, 2.45) is 0 Å². The zero-order valence-corrected chi connectivity index (χ0v) is 13.0. The van der Waals surface area contributed by atoms with Gasteiger partial charge in [-0.1, -0.05) is 6.07 Å². The Morgan fingerprint density at radius 1 is 1.30 bits per heavy atom. The van der Waals surface area contributed by atoms with Crippen LogP contribution in [0, 0.1) is 6.92 Å². The molecular weight excluding hydrogens is 294 g/mol. The Bertz CT molecular complexity index is 738. The van der Waals surface area contributed by atoms with Crippen molar-refractivity contribution in [1.82, 2.24) is 15.1 Å². The Kier molecular flexibility index (Phi) is 4.14. The van der Waals surface area contributed by atoms with Gasteiger partial charge in [-0.2, -0.15) is 5.10 Å². The first-order valence-electron chi connectivity index (χ1n) is 7.69. The van der Waals surface area contributed by atoms with E-state index in [9.17, 15) is 9.59 Å². The maximum absolute atomic E-state index is 12.7. The highest BCUT2D eigenvalue weighted by Gasteiger charge is 2.27. The molecule has 0 aliphatic carbocycles. The van der Waals surface area contributed by atoms with Crippen LogP contribution < -0.4 is 0 Å². The first-order chi connectivity index (χ1) is 11.0. The van der Waals surface area contributed by atoms with Gasteiger partial charge in [0.05, 0.1) is 11.3 Å². The summed E-state index contributed by atoms with van der Waals surface area (Å²) in [5.41, 5.74) is 2.55. The van der Waals surface area contributed by atoms with Crippen LogP contribution in [0.2, 0.25) is 0 Å². The average Bonchev–Trinajstić information content (AvgIpc) is 3.01. The number of aromatic carboxylic acids is 1. The monoisotopic (exact) mass is 313 g/mol. The lowest BCUT2D eigenvalue weighted by molar-refractivity contribution is 0.0697. The van der Waals surface area contributed by atoms with E-state index in [0.717, 1.165) is 24.2 Å². The Morgan fingerprint density at radius 2 is 2.09 bits per heavy atom. The number of nitrogens with one attached hydrogen (secondary N) is 1. The smallest absolute Gasteiger partial charge is 0.335 e. The van der Waals surface area contributed by atoms with Crippen molar-refractivity contribution < 1.29 is 14.7 Å². The summed E-state index contributed by atoms with van der Waals surface area (Å²) in [4.78, 5) is 25.5. The van der Waals surface area contributed by atoms with Crippen LogP contribution >= 0.6 is 0 Å². The van der Waals surface area contributed by atoms with E-state index in [-0.39, 0.29) is 17.4 Å². The number of H-pyrrole nitrogens is 1. The highest BCUT2D eigenvalue weighted by Crippen LogP contribution is 2.27. The maximum Gasteiger partial charge on any atom is 0.335 e. The van der Waals surface area contributed by atoms with Gasteiger partial charge in [0.1, 0.15) is 0 Å². The van der Waals surface area contributed by atoms with Crippen molar-refractivity contribution in [2.75, 3.05) is 13.1 Å². The fourth-order valence-corrected chi connectivity index (χ4v) is 3.02. The van der Waals surface area contributed by atoms with Gasteiger partial charge < -0.3 is 10.0 Å². The van der Waals surface area contributed by atoms with E-state index in [4.69, 9.17) is 5.11 Å². The van der Waals surface area contributed by atoms with E-state index in [1.807, 2.05) is 13.0 Å². The van der Waals surface area contributed by atoms with Crippen LogP contribution in [0.3, 0.4) is 0 Å². The van der Waals surface area contributed by atoms with E-state index in [1.54, 1.807) is 17.0 Å². The molecule has 3 rings (SSSR count). The number of piperidine rings is 1. The number of hydrogen-bond acceptors (Lipinski definition) is 3. The zero-order valence-electron chi connectivity index (χ0n) is 13.0. The molecule has 2 heterocycles. The molecule has 2 aromatic rings. The van der Waals surface area contributed by atoms with Crippen molar-refractivity contribution in [3.8, 4) is 0 Å². The number of carboxylic acid groups (broad SMARTS) is 1. The van der Waals surface area contributed by atoms with E-state index in [1.165, 1.54) is 12.1 Å². The Balaban J connectivity index is 1.77. The van der Waals surface area contributed by atoms with Gasteiger partial charge in [0.15, 0.2) is 0 Å². The van der Waals surface area contributed by atoms with Crippen molar-refractivity contribution in [3.63, 3.8) is 0 Å². The Morgan fingerprint density at radius 3 is 2.78 bits per heavy atom. The van der Waals surface area contributed by atoms with E-state index >= 15 is 0 Å². The molecule has 0 spiro atoms. The fourth-order valence-electron chi connectivity index (χ4n) is 3.02. The molecule has 0 saturated carbocycles. The molecule has 1 aromatic carbocycles. The lowest BCUT2D eigenvalue weighted by Gasteiger charge is -2.32. The number of aromatic nitrogens is 2. The minimum absolute atomic E-state index is 0.120. The van der Waals surface area contributed by atoms with Gasteiger partial charge in [-0.15, -0.1) is 0 Å². The number of carboxylic acids is 1. The molecule has 6 heteroatoms. The highest BCUT2D eigenvalue weighted by atomic mass is 16.4. The van der Waals surface area contributed by atoms with Crippen molar-refractivity contribution in [2.45, 2.75) is 25.7 Å². The van der Waals surface area contributed by atoms with Gasteiger partial charge in [0.2, 0.25) is 0 Å². The molecule has 0 radical (unpaired) electrons. The Labute approximate surface area is 134 Å². The SMILES string of the molecule is Cc1cc(C2CCCN(C(=O)c3cccc(C(=O)O)c3)C2)n[nH]1. The number of rotatable bonds is 3. The van der Waals surface area contributed by atoms with Crippen LogP contribution in [0.25, 0.3) is 0 Å². The quantitative estimate of drug-likeness (QED) is 0.911. The summed E-state index contributed by atoms with van der Waals surface area (Å²) in [6.07, 6.45) is 1.92. The number of carbonyl (C=O) groups is 2. The molecule has 120 valence electrons. The summed E-state index contributed by atoms with van der Waals surface area (Å²) < 4.78 is 0. The van der Waals surface area contributed by atoms with E-state index in [2.05, 4.69) is 10.2 Å². The third kappa shape index (κ3) is 3.26. The lowest BCUT2D eigenvalue weighted by atomic mass is 9.94. The third-order valence-corrected chi connectivity index (χ3v) is 4.21. The van der Waals surface area contributed by atoms with Crippen LogP contribution in [0.1, 0.15) is 50.9 Å². The molecule has 2 N–H and O–H groups in total. The number of benzene rings is 1. The number of aryl methyl sites for hydroxylation is 1. The van der Waals surface area contributed by atoms with E-state index < -0.39 is 5.97 Å². The predicted octanol–water partition coefficient (Wildman–Crippen LogP) is 2.44. The van der Waals surface area contributed by atoms with Crippen LogP contribution in [0.4, 0.5) is 0 Å². The first-order valence-corrected chi connectivity index (χ1v) is 7.69. The number of likely N-dealkylation sites (tertiary alicyclic amines) is 1. The van der Waals surface area contributed by atoms with Gasteiger partial charge in [-0.05, 0) is 44.0 Å². The van der Waals surface area contributed by atoms with Gasteiger partial charge in [0.25, 0.3) is 5.91 Å². The molecule has 1 amide bonds. The van der Waals surface area contributed by atoms with Crippen LogP contribution in [0.5, 0.6) is 0 Å². The summed E-state index contributed by atoms with van der Waals surface area (Å²) in [5.74, 6) is -0.923. The molecule has 1 fully saturated rings. The topological polar surface area (TPSA) is 86.3 Å². The minimum atomic E-state index is -1.02. The average molecular weight is 313 g/mol. The summed E-state index contributed by atoms with van der Waals surface area (Å²) >= 11 is 0. The molecule has 1 atom stereocenters. The van der Waals surface area contributed by atoms with Crippen molar-refractivity contribution >= 4 is 11.9 Å². The highest BCUT2D eigenvalue weighted by molar-refractivity contribution is 5.97. The molecule has 1 unspecified atom stereocenters. The molecule has 6 nitrogen and oxygen atoms in total. The molecule has 1 aliphatic rings.